The molecule has 0 aromatic heterocycles. The van der Waals surface area contributed by atoms with Crippen LogP contribution in [0, 0.1) is 0 Å². The molecule has 0 spiro atoms. The first-order valence-electron chi connectivity index (χ1n) is 11.9. The van der Waals surface area contributed by atoms with Crippen LogP contribution in [0.15, 0.2) is 72.8 Å². The first-order valence-corrected chi connectivity index (χ1v) is 11.9. The van der Waals surface area contributed by atoms with E-state index in [1.165, 1.54) is 12.1 Å². The molecule has 0 radical (unpaired) electrons. The van der Waals surface area contributed by atoms with Crippen molar-refractivity contribution >= 4 is 12.1 Å². The number of carbonyl (C=O) groups excluding carboxylic acids is 2. The summed E-state index contributed by atoms with van der Waals surface area (Å²) in [6.07, 6.45) is -3.20. The van der Waals surface area contributed by atoms with E-state index in [0.717, 1.165) is 22.3 Å². The minimum Gasteiger partial charge on any atom is -0.456 e. The lowest BCUT2D eigenvalue weighted by molar-refractivity contribution is 0.00683. The highest BCUT2D eigenvalue weighted by Crippen LogP contribution is 2.44. The third-order valence-corrected chi connectivity index (χ3v) is 6.05. The Labute approximate surface area is 210 Å². The van der Waals surface area contributed by atoms with Crippen LogP contribution >= 0.6 is 0 Å². The molecule has 36 heavy (non-hydrogen) atoms. The van der Waals surface area contributed by atoms with Gasteiger partial charge in [-0.3, -0.25) is 0 Å². The van der Waals surface area contributed by atoms with Crippen LogP contribution in [0.1, 0.15) is 59.8 Å². The summed E-state index contributed by atoms with van der Waals surface area (Å²) in [4.78, 5) is 24.5. The van der Waals surface area contributed by atoms with E-state index < -0.39 is 29.9 Å². The second-order valence-electron chi connectivity index (χ2n) is 9.84. The number of aliphatic hydroxyl groups is 2. The zero-order valence-electron chi connectivity index (χ0n) is 20.6. The molecule has 3 N–H and O–H groups in total. The largest absolute Gasteiger partial charge is 0.456 e. The molecule has 1 aliphatic carbocycles. The molecular formula is C29H31NO6. The van der Waals surface area contributed by atoms with Crippen molar-refractivity contribution in [2.24, 2.45) is 0 Å². The van der Waals surface area contributed by atoms with Crippen molar-refractivity contribution in [1.82, 2.24) is 5.32 Å². The van der Waals surface area contributed by atoms with E-state index in [1.807, 2.05) is 36.4 Å². The molecule has 188 valence electrons. The van der Waals surface area contributed by atoms with Gasteiger partial charge in [0.1, 0.15) is 24.4 Å². The van der Waals surface area contributed by atoms with E-state index in [9.17, 15) is 19.8 Å². The fourth-order valence-electron chi connectivity index (χ4n) is 4.32. The third-order valence-electron chi connectivity index (χ3n) is 6.05. The van der Waals surface area contributed by atoms with E-state index in [0.29, 0.717) is 11.1 Å². The van der Waals surface area contributed by atoms with Gasteiger partial charge in [0.2, 0.25) is 0 Å². The zero-order valence-corrected chi connectivity index (χ0v) is 20.6. The number of carbonyl (C=O) groups is 2. The van der Waals surface area contributed by atoms with Crippen LogP contribution in [0.3, 0.4) is 0 Å². The predicted molar refractivity (Wildman–Crippen MR) is 136 cm³/mol. The summed E-state index contributed by atoms with van der Waals surface area (Å²) in [5.41, 5.74) is 4.62. The normalized spacial score (nSPS) is 14.4. The number of fused-ring (bicyclic) bond motifs is 3. The molecule has 1 aliphatic rings. The van der Waals surface area contributed by atoms with E-state index >= 15 is 0 Å². The third kappa shape index (κ3) is 5.75. The van der Waals surface area contributed by atoms with Gasteiger partial charge in [-0.1, -0.05) is 60.7 Å². The van der Waals surface area contributed by atoms with Crippen molar-refractivity contribution in [1.29, 1.82) is 0 Å². The van der Waals surface area contributed by atoms with Crippen molar-refractivity contribution in [3.8, 4) is 11.1 Å². The van der Waals surface area contributed by atoms with Crippen molar-refractivity contribution in [3.63, 3.8) is 0 Å². The molecule has 7 nitrogen and oxygen atoms in total. The van der Waals surface area contributed by atoms with Crippen molar-refractivity contribution in [2.75, 3.05) is 13.2 Å². The molecule has 7 heteroatoms. The second kappa shape index (κ2) is 10.5. The van der Waals surface area contributed by atoms with Gasteiger partial charge >= 0.3 is 12.1 Å². The monoisotopic (exact) mass is 489 g/mol. The number of aliphatic hydroxyl groups excluding tert-OH is 2. The Morgan fingerprint density at radius 2 is 1.44 bits per heavy atom. The average Bonchev–Trinajstić information content (AvgIpc) is 3.18. The Bertz CT molecular complexity index is 1190. The molecule has 4 rings (SSSR count). The summed E-state index contributed by atoms with van der Waals surface area (Å²) in [6.45, 7) is 5.30. The number of ether oxygens (including phenoxy) is 2. The van der Waals surface area contributed by atoms with Crippen molar-refractivity contribution in [3.05, 3.63) is 95.1 Å². The van der Waals surface area contributed by atoms with Gasteiger partial charge in [0.15, 0.2) is 0 Å². The van der Waals surface area contributed by atoms with E-state index in [2.05, 4.69) is 17.4 Å². The number of benzene rings is 3. The van der Waals surface area contributed by atoms with Gasteiger partial charge in [0.25, 0.3) is 0 Å². The number of amides is 1. The predicted octanol–water partition coefficient (Wildman–Crippen LogP) is 4.57. The van der Waals surface area contributed by atoms with Gasteiger partial charge in [0, 0.05) is 12.5 Å². The summed E-state index contributed by atoms with van der Waals surface area (Å²) in [5, 5.41) is 23.4. The molecule has 0 saturated carbocycles. The molecule has 0 bridgehead atoms. The Morgan fingerprint density at radius 3 is 2.00 bits per heavy atom. The van der Waals surface area contributed by atoms with Crippen LogP contribution in [-0.4, -0.2) is 47.1 Å². The number of rotatable bonds is 7. The lowest BCUT2D eigenvalue weighted by Crippen LogP contribution is -2.36. The minimum absolute atomic E-state index is 0.0675. The maximum Gasteiger partial charge on any atom is 0.407 e. The van der Waals surface area contributed by atoms with Gasteiger partial charge < -0.3 is 25.0 Å². The standard InChI is InChI=1S/C29H31NO6/c1-29(2,3)36-27(33)19-14-12-18(13-15-19)26(32)25(31)16-30-28(34)35-17-24-22-10-6-4-8-20(22)21-9-5-7-11-23(21)24/h4-15,24-26,31-32H,16-17H2,1-3H3,(H,30,34). The van der Waals surface area contributed by atoms with Crippen LogP contribution < -0.4 is 5.32 Å². The molecule has 0 heterocycles. The highest BCUT2D eigenvalue weighted by molar-refractivity contribution is 5.89. The van der Waals surface area contributed by atoms with E-state index in [-0.39, 0.29) is 19.1 Å². The minimum atomic E-state index is -1.27. The summed E-state index contributed by atoms with van der Waals surface area (Å²) in [6, 6.07) is 22.2. The summed E-state index contributed by atoms with van der Waals surface area (Å²) >= 11 is 0. The lowest BCUT2D eigenvalue weighted by Gasteiger charge is -2.21. The van der Waals surface area contributed by atoms with Crippen LogP contribution in [0.25, 0.3) is 11.1 Å². The maximum absolute atomic E-state index is 12.3. The van der Waals surface area contributed by atoms with Crippen LogP contribution in [0.2, 0.25) is 0 Å². The molecule has 2 atom stereocenters. The molecule has 2 unspecified atom stereocenters. The number of nitrogens with one attached hydrogen (secondary N) is 1. The Balaban J connectivity index is 1.29. The summed E-state index contributed by atoms with van der Waals surface area (Å²) in [7, 11) is 0. The number of alkyl carbamates (subject to hydrolysis) is 1. The van der Waals surface area contributed by atoms with Crippen molar-refractivity contribution in [2.45, 2.75) is 44.5 Å². The van der Waals surface area contributed by atoms with Gasteiger partial charge in [-0.05, 0) is 60.7 Å². The topological polar surface area (TPSA) is 105 Å². The van der Waals surface area contributed by atoms with Gasteiger partial charge in [0.05, 0.1) is 5.56 Å². The zero-order chi connectivity index (χ0) is 25.9. The van der Waals surface area contributed by atoms with Gasteiger partial charge in [-0.2, -0.15) is 0 Å². The Kier molecular flexibility index (Phi) is 7.43. The van der Waals surface area contributed by atoms with Gasteiger partial charge in [-0.15, -0.1) is 0 Å². The molecule has 3 aromatic rings. The number of hydrogen-bond acceptors (Lipinski definition) is 6. The molecule has 3 aromatic carbocycles. The lowest BCUT2D eigenvalue weighted by atomic mass is 9.98. The molecule has 0 fully saturated rings. The smallest absolute Gasteiger partial charge is 0.407 e. The second-order valence-corrected chi connectivity index (χ2v) is 9.84. The van der Waals surface area contributed by atoms with Crippen LogP contribution in [0.5, 0.6) is 0 Å². The highest BCUT2D eigenvalue weighted by Gasteiger charge is 2.29. The molecule has 0 saturated heterocycles. The number of esters is 1. The SMILES string of the molecule is CC(C)(C)OC(=O)c1ccc(C(O)C(O)CNC(=O)OCC2c3ccccc3-c3ccccc32)cc1. The average molecular weight is 490 g/mol. The fourth-order valence-corrected chi connectivity index (χ4v) is 4.32. The summed E-state index contributed by atoms with van der Waals surface area (Å²) in [5.74, 6) is -0.539. The Morgan fingerprint density at radius 1 is 0.889 bits per heavy atom. The maximum atomic E-state index is 12.3. The molecular weight excluding hydrogens is 458 g/mol. The van der Waals surface area contributed by atoms with E-state index in [1.54, 1.807) is 32.9 Å². The van der Waals surface area contributed by atoms with Crippen molar-refractivity contribution < 1.29 is 29.3 Å². The molecule has 0 aliphatic heterocycles. The van der Waals surface area contributed by atoms with Crippen LogP contribution in [0.4, 0.5) is 4.79 Å². The molecule has 1 amide bonds. The summed E-state index contributed by atoms with van der Waals surface area (Å²) < 4.78 is 10.8. The Hall–Kier alpha value is -3.68. The quantitative estimate of drug-likeness (QED) is 0.420. The highest BCUT2D eigenvalue weighted by atomic mass is 16.6. The fraction of sp³-hybridized carbons (Fsp3) is 0.310. The first kappa shape index (κ1) is 25.4. The van der Waals surface area contributed by atoms with E-state index in [4.69, 9.17) is 9.47 Å². The van der Waals surface area contributed by atoms with Gasteiger partial charge in [-0.25, -0.2) is 9.59 Å². The van der Waals surface area contributed by atoms with Crippen LogP contribution in [-0.2, 0) is 9.47 Å². The number of hydrogen-bond donors (Lipinski definition) is 3. The first-order chi connectivity index (χ1) is 17.1.